The highest BCUT2D eigenvalue weighted by Crippen LogP contribution is 2.24. The SMILES string of the molecule is O=C(Cc1csc(SCC(=O)c2cccs2)n1)NCc1cccs1. The summed E-state index contributed by atoms with van der Waals surface area (Å²) in [4.78, 5) is 30.2. The Hall–Kier alpha value is -1.48. The third kappa shape index (κ3) is 5.01. The summed E-state index contributed by atoms with van der Waals surface area (Å²) in [7, 11) is 0. The van der Waals surface area contributed by atoms with Gasteiger partial charge in [-0.2, -0.15) is 0 Å². The first-order valence-corrected chi connectivity index (χ1v) is 10.8. The molecule has 0 aliphatic rings. The molecule has 1 N–H and O–H groups in total. The van der Waals surface area contributed by atoms with E-state index in [1.54, 1.807) is 11.3 Å². The third-order valence-corrected chi connectivity index (χ3v) is 6.89. The molecule has 1 amide bonds. The van der Waals surface area contributed by atoms with E-state index in [-0.39, 0.29) is 18.1 Å². The number of ketones is 1. The second-order valence-corrected chi connectivity index (χ2v) is 8.89. The normalized spacial score (nSPS) is 10.7. The molecule has 8 heteroatoms. The molecule has 0 radical (unpaired) electrons. The van der Waals surface area contributed by atoms with Gasteiger partial charge in [0.25, 0.3) is 0 Å². The van der Waals surface area contributed by atoms with Gasteiger partial charge in [0.1, 0.15) is 0 Å². The second-order valence-electron chi connectivity index (χ2n) is 4.83. The van der Waals surface area contributed by atoms with E-state index in [2.05, 4.69) is 10.3 Å². The maximum absolute atomic E-state index is 12.0. The van der Waals surface area contributed by atoms with E-state index in [9.17, 15) is 9.59 Å². The van der Waals surface area contributed by atoms with Crippen LogP contribution in [0.3, 0.4) is 0 Å². The number of hydrogen-bond acceptors (Lipinski definition) is 7. The van der Waals surface area contributed by atoms with Crippen molar-refractivity contribution in [3.63, 3.8) is 0 Å². The van der Waals surface area contributed by atoms with Crippen molar-refractivity contribution in [3.05, 3.63) is 55.9 Å². The first-order chi connectivity index (χ1) is 11.7. The number of thioether (sulfide) groups is 1. The van der Waals surface area contributed by atoms with Gasteiger partial charge < -0.3 is 5.32 Å². The number of aromatic nitrogens is 1. The largest absolute Gasteiger partial charge is 0.351 e. The first kappa shape index (κ1) is 17.3. The Kier molecular flexibility index (Phi) is 6.19. The maximum Gasteiger partial charge on any atom is 0.226 e. The van der Waals surface area contributed by atoms with Crippen molar-refractivity contribution >= 4 is 57.5 Å². The number of thiazole rings is 1. The highest BCUT2D eigenvalue weighted by molar-refractivity contribution is 8.01. The summed E-state index contributed by atoms with van der Waals surface area (Å²) < 4.78 is 0.820. The molecule has 0 unspecified atom stereocenters. The fourth-order valence-corrected chi connectivity index (χ4v) is 5.03. The number of carbonyl (C=O) groups excluding carboxylic acids is 2. The molecule has 0 aromatic carbocycles. The van der Waals surface area contributed by atoms with Crippen LogP contribution in [0.5, 0.6) is 0 Å². The van der Waals surface area contributed by atoms with Crippen molar-refractivity contribution < 1.29 is 9.59 Å². The Morgan fingerprint density at radius 3 is 2.71 bits per heavy atom. The molecule has 0 saturated heterocycles. The summed E-state index contributed by atoms with van der Waals surface area (Å²) in [5, 5.41) is 8.65. The molecular weight excluding hydrogens is 380 g/mol. The van der Waals surface area contributed by atoms with Crippen molar-refractivity contribution in [2.24, 2.45) is 0 Å². The van der Waals surface area contributed by atoms with Crippen LogP contribution in [-0.4, -0.2) is 22.4 Å². The van der Waals surface area contributed by atoms with Crippen LogP contribution >= 0.6 is 45.8 Å². The van der Waals surface area contributed by atoms with Crippen molar-refractivity contribution in [2.45, 2.75) is 17.3 Å². The van der Waals surface area contributed by atoms with Crippen LogP contribution < -0.4 is 5.32 Å². The van der Waals surface area contributed by atoms with E-state index in [0.29, 0.717) is 12.3 Å². The lowest BCUT2D eigenvalue weighted by Crippen LogP contribution is -2.24. The zero-order valence-corrected chi connectivity index (χ0v) is 15.8. The summed E-state index contributed by atoms with van der Waals surface area (Å²) in [6.07, 6.45) is 0.265. The zero-order valence-electron chi connectivity index (χ0n) is 12.6. The highest BCUT2D eigenvalue weighted by Gasteiger charge is 2.11. The standard InChI is InChI=1S/C16H14N2O2S4/c19-13(14-4-2-6-22-14)10-24-16-18-11(9-23-16)7-15(20)17-8-12-3-1-5-21-12/h1-6,9H,7-8,10H2,(H,17,20). The lowest BCUT2D eigenvalue weighted by molar-refractivity contribution is -0.120. The summed E-state index contributed by atoms with van der Waals surface area (Å²) in [5.41, 5.74) is 0.745. The molecule has 3 aromatic rings. The smallest absolute Gasteiger partial charge is 0.226 e. The fourth-order valence-electron chi connectivity index (χ4n) is 1.90. The minimum Gasteiger partial charge on any atom is -0.351 e. The Balaban J connectivity index is 1.44. The average Bonchev–Trinajstić information content (AvgIpc) is 3.32. The predicted molar refractivity (Wildman–Crippen MR) is 101 cm³/mol. The lowest BCUT2D eigenvalue weighted by atomic mass is 10.3. The van der Waals surface area contributed by atoms with Gasteiger partial charge in [0.15, 0.2) is 10.1 Å². The van der Waals surface area contributed by atoms with Gasteiger partial charge in [0.2, 0.25) is 5.91 Å². The molecule has 0 saturated carbocycles. The van der Waals surface area contributed by atoms with Crippen molar-refractivity contribution in [1.29, 1.82) is 0 Å². The van der Waals surface area contributed by atoms with E-state index >= 15 is 0 Å². The molecule has 3 aromatic heterocycles. The molecule has 0 aliphatic heterocycles. The second kappa shape index (κ2) is 8.57. The minimum atomic E-state index is -0.0417. The lowest BCUT2D eigenvalue weighted by Gasteiger charge is -2.01. The Morgan fingerprint density at radius 2 is 1.96 bits per heavy atom. The molecule has 0 fully saturated rings. The Morgan fingerprint density at radius 1 is 1.12 bits per heavy atom. The van der Waals surface area contributed by atoms with Crippen molar-refractivity contribution in [3.8, 4) is 0 Å². The molecule has 4 nitrogen and oxygen atoms in total. The van der Waals surface area contributed by atoms with Gasteiger partial charge in [-0.1, -0.05) is 23.9 Å². The summed E-state index contributed by atoms with van der Waals surface area (Å²) in [6, 6.07) is 7.67. The van der Waals surface area contributed by atoms with E-state index in [0.717, 1.165) is 19.8 Å². The monoisotopic (exact) mass is 394 g/mol. The molecular formula is C16H14N2O2S4. The number of Topliss-reactive ketones (excluding diaryl/α,β-unsaturated/α-hetero) is 1. The van der Waals surface area contributed by atoms with Crippen LogP contribution in [0, 0.1) is 0 Å². The molecule has 0 bridgehead atoms. The van der Waals surface area contributed by atoms with Crippen LogP contribution in [0.25, 0.3) is 0 Å². The van der Waals surface area contributed by atoms with Gasteiger partial charge in [0, 0.05) is 10.3 Å². The maximum atomic E-state index is 12.0. The van der Waals surface area contributed by atoms with Crippen LogP contribution in [0.1, 0.15) is 20.2 Å². The quantitative estimate of drug-likeness (QED) is 0.462. The molecule has 24 heavy (non-hydrogen) atoms. The van der Waals surface area contributed by atoms with E-state index in [4.69, 9.17) is 0 Å². The number of carbonyl (C=O) groups is 2. The zero-order chi connectivity index (χ0) is 16.8. The van der Waals surface area contributed by atoms with Crippen molar-refractivity contribution in [1.82, 2.24) is 10.3 Å². The van der Waals surface area contributed by atoms with E-state index < -0.39 is 0 Å². The number of amides is 1. The van der Waals surface area contributed by atoms with Crippen LogP contribution in [0.4, 0.5) is 0 Å². The minimum absolute atomic E-state index is 0.0417. The predicted octanol–water partition coefficient (Wildman–Crippen LogP) is 4.10. The van der Waals surface area contributed by atoms with Gasteiger partial charge in [-0.3, -0.25) is 9.59 Å². The number of nitrogens with one attached hydrogen (secondary N) is 1. The Bertz CT molecular complexity index is 794. The first-order valence-electron chi connectivity index (χ1n) is 7.13. The average molecular weight is 395 g/mol. The van der Waals surface area contributed by atoms with Gasteiger partial charge in [-0.15, -0.1) is 34.0 Å². The Labute approximate surface area is 156 Å². The summed E-state index contributed by atoms with van der Waals surface area (Å²) in [5.74, 6) is 0.443. The van der Waals surface area contributed by atoms with Crippen molar-refractivity contribution in [2.75, 3.05) is 5.75 Å². The molecule has 0 spiro atoms. The summed E-state index contributed by atoms with van der Waals surface area (Å²) >= 11 is 5.97. The molecule has 3 rings (SSSR count). The van der Waals surface area contributed by atoms with E-state index in [1.165, 1.54) is 34.4 Å². The van der Waals surface area contributed by atoms with Crippen LogP contribution in [-0.2, 0) is 17.8 Å². The topological polar surface area (TPSA) is 59.1 Å². The molecule has 3 heterocycles. The highest BCUT2D eigenvalue weighted by atomic mass is 32.2. The number of hydrogen-bond donors (Lipinski definition) is 1. The molecule has 124 valence electrons. The number of rotatable bonds is 8. The van der Waals surface area contributed by atoms with Crippen LogP contribution in [0.15, 0.2) is 44.7 Å². The molecule has 0 aliphatic carbocycles. The van der Waals surface area contributed by atoms with Gasteiger partial charge >= 0.3 is 0 Å². The molecule has 0 atom stereocenters. The fraction of sp³-hybridized carbons (Fsp3) is 0.188. The third-order valence-electron chi connectivity index (χ3n) is 3.03. The van der Waals surface area contributed by atoms with Gasteiger partial charge in [-0.25, -0.2) is 4.98 Å². The number of thiophene rings is 2. The number of nitrogens with zero attached hydrogens (tertiary/aromatic N) is 1. The van der Waals surface area contributed by atoms with E-state index in [1.807, 2.05) is 40.4 Å². The van der Waals surface area contributed by atoms with Gasteiger partial charge in [-0.05, 0) is 22.9 Å². The van der Waals surface area contributed by atoms with Gasteiger partial charge in [0.05, 0.1) is 29.3 Å². The van der Waals surface area contributed by atoms with Crippen LogP contribution in [0.2, 0.25) is 0 Å². The summed E-state index contributed by atoms with van der Waals surface area (Å²) in [6.45, 7) is 0.553.